The van der Waals surface area contributed by atoms with Crippen molar-refractivity contribution in [2.75, 3.05) is 19.6 Å². The minimum atomic E-state index is -1.18. The highest BCUT2D eigenvalue weighted by molar-refractivity contribution is 5.79. The Kier molecular flexibility index (Phi) is 6.15. The standard InChI is InChI=1S/C19H26N6O3/c1-4-20-18(22-12-19(3,26)15-8-7-13(2)28-15)21-10-9-16-23-17(25-24-16)14-6-5-11-27-14/h5-8,11,26H,4,9-10,12H2,1-3H3,(H2,20,21,22)(H,23,24,25). The summed E-state index contributed by atoms with van der Waals surface area (Å²) in [6.07, 6.45) is 2.22. The van der Waals surface area contributed by atoms with Crippen LogP contribution < -0.4 is 10.6 Å². The lowest BCUT2D eigenvalue weighted by atomic mass is 10.0. The molecule has 0 saturated heterocycles. The van der Waals surface area contributed by atoms with E-state index in [-0.39, 0.29) is 6.54 Å². The molecule has 0 aromatic carbocycles. The zero-order valence-corrected chi connectivity index (χ0v) is 16.3. The van der Waals surface area contributed by atoms with Crippen molar-refractivity contribution in [3.8, 4) is 11.6 Å². The van der Waals surface area contributed by atoms with E-state index in [0.29, 0.717) is 42.8 Å². The van der Waals surface area contributed by atoms with Crippen LogP contribution in [0.1, 0.15) is 31.2 Å². The van der Waals surface area contributed by atoms with E-state index in [1.54, 1.807) is 25.3 Å². The fourth-order valence-electron chi connectivity index (χ4n) is 2.60. The van der Waals surface area contributed by atoms with Crippen LogP contribution in [0.25, 0.3) is 11.6 Å². The van der Waals surface area contributed by atoms with Crippen LogP contribution in [0.5, 0.6) is 0 Å². The molecule has 1 atom stereocenters. The molecule has 0 spiro atoms. The van der Waals surface area contributed by atoms with Crippen LogP contribution in [-0.2, 0) is 12.0 Å². The molecule has 150 valence electrons. The number of hydrogen-bond acceptors (Lipinski definition) is 6. The maximum atomic E-state index is 10.6. The summed E-state index contributed by atoms with van der Waals surface area (Å²) in [7, 11) is 0. The summed E-state index contributed by atoms with van der Waals surface area (Å²) in [5.74, 6) is 3.76. The maximum Gasteiger partial charge on any atom is 0.216 e. The number of guanidine groups is 1. The molecule has 4 N–H and O–H groups in total. The molecule has 3 heterocycles. The highest BCUT2D eigenvalue weighted by atomic mass is 16.4. The number of aromatic nitrogens is 3. The fraction of sp³-hybridized carbons (Fsp3) is 0.421. The molecule has 0 bridgehead atoms. The highest BCUT2D eigenvalue weighted by Crippen LogP contribution is 2.23. The molecule has 3 rings (SSSR count). The molecule has 3 aromatic rings. The Labute approximate surface area is 163 Å². The van der Waals surface area contributed by atoms with Crippen molar-refractivity contribution in [1.82, 2.24) is 25.8 Å². The number of furan rings is 2. The zero-order valence-electron chi connectivity index (χ0n) is 16.3. The third kappa shape index (κ3) is 5.01. The molecule has 28 heavy (non-hydrogen) atoms. The second-order valence-electron chi connectivity index (χ2n) is 6.64. The predicted molar refractivity (Wildman–Crippen MR) is 105 cm³/mol. The average Bonchev–Trinajstić information content (AvgIpc) is 3.41. The number of aromatic amines is 1. The van der Waals surface area contributed by atoms with E-state index in [2.05, 4.69) is 30.8 Å². The number of aliphatic imine (C=N–C) groups is 1. The van der Waals surface area contributed by atoms with Crippen LogP contribution in [0, 0.1) is 6.92 Å². The number of aryl methyl sites for hydroxylation is 1. The van der Waals surface area contributed by atoms with E-state index in [1.807, 2.05) is 26.0 Å². The van der Waals surface area contributed by atoms with E-state index in [1.165, 1.54) is 0 Å². The normalized spacial score (nSPS) is 14.1. The molecule has 0 radical (unpaired) electrons. The third-order valence-electron chi connectivity index (χ3n) is 4.09. The Bertz CT molecular complexity index is 895. The first kappa shape index (κ1) is 19.7. The van der Waals surface area contributed by atoms with Crippen LogP contribution >= 0.6 is 0 Å². The van der Waals surface area contributed by atoms with Gasteiger partial charge >= 0.3 is 0 Å². The van der Waals surface area contributed by atoms with Gasteiger partial charge in [-0.15, -0.1) is 0 Å². The highest BCUT2D eigenvalue weighted by Gasteiger charge is 2.26. The van der Waals surface area contributed by atoms with Crippen molar-refractivity contribution in [2.24, 2.45) is 4.99 Å². The van der Waals surface area contributed by atoms with Gasteiger partial charge in [0.05, 0.1) is 12.8 Å². The molecule has 0 amide bonds. The largest absolute Gasteiger partial charge is 0.463 e. The van der Waals surface area contributed by atoms with Gasteiger partial charge in [0.15, 0.2) is 11.7 Å². The van der Waals surface area contributed by atoms with Gasteiger partial charge in [-0.05, 0) is 45.0 Å². The van der Waals surface area contributed by atoms with E-state index >= 15 is 0 Å². The van der Waals surface area contributed by atoms with E-state index in [9.17, 15) is 5.11 Å². The Hall–Kier alpha value is -3.07. The van der Waals surface area contributed by atoms with Gasteiger partial charge in [0, 0.05) is 19.5 Å². The SMILES string of the molecule is CCNC(=NCC(C)(O)c1ccc(C)o1)NCCc1nc(-c2ccco2)n[nH]1. The molecule has 9 nitrogen and oxygen atoms in total. The summed E-state index contributed by atoms with van der Waals surface area (Å²) in [5, 5.41) is 24.1. The lowest BCUT2D eigenvalue weighted by molar-refractivity contribution is 0.0428. The Morgan fingerprint density at radius 3 is 2.86 bits per heavy atom. The summed E-state index contributed by atoms with van der Waals surface area (Å²) in [4.78, 5) is 8.88. The lowest BCUT2D eigenvalue weighted by Crippen LogP contribution is -2.39. The molecule has 0 aliphatic heterocycles. The number of nitrogens with zero attached hydrogens (tertiary/aromatic N) is 3. The topological polar surface area (TPSA) is 124 Å². The maximum absolute atomic E-state index is 10.6. The number of nitrogens with one attached hydrogen (secondary N) is 3. The van der Waals surface area contributed by atoms with Crippen molar-refractivity contribution >= 4 is 5.96 Å². The predicted octanol–water partition coefficient (Wildman–Crippen LogP) is 1.97. The summed E-state index contributed by atoms with van der Waals surface area (Å²) in [5.41, 5.74) is -1.18. The number of rotatable bonds is 8. The van der Waals surface area contributed by atoms with Gasteiger partial charge in [-0.1, -0.05) is 0 Å². The minimum Gasteiger partial charge on any atom is -0.463 e. The second-order valence-corrected chi connectivity index (χ2v) is 6.64. The first-order valence-corrected chi connectivity index (χ1v) is 9.24. The van der Waals surface area contributed by atoms with Crippen molar-refractivity contribution in [3.63, 3.8) is 0 Å². The Morgan fingerprint density at radius 1 is 1.32 bits per heavy atom. The smallest absolute Gasteiger partial charge is 0.216 e. The van der Waals surface area contributed by atoms with Gasteiger partial charge in [0.25, 0.3) is 0 Å². The Morgan fingerprint density at radius 2 is 2.18 bits per heavy atom. The molecular formula is C19H26N6O3. The van der Waals surface area contributed by atoms with Crippen molar-refractivity contribution < 1.29 is 13.9 Å². The monoisotopic (exact) mass is 386 g/mol. The van der Waals surface area contributed by atoms with Gasteiger partial charge in [0.1, 0.15) is 22.9 Å². The molecule has 0 aliphatic carbocycles. The first-order chi connectivity index (χ1) is 13.5. The number of H-pyrrole nitrogens is 1. The van der Waals surface area contributed by atoms with Gasteiger partial charge in [-0.2, -0.15) is 5.10 Å². The summed E-state index contributed by atoms with van der Waals surface area (Å²) in [6, 6.07) is 7.20. The molecule has 9 heteroatoms. The summed E-state index contributed by atoms with van der Waals surface area (Å²) in [6.45, 7) is 6.98. The average molecular weight is 386 g/mol. The van der Waals surface area contributed by atoms with Crippen molar-refractivity contribution in [3.05, 3.63) is 47.9 Å². The van der Waals surface area contributed by atoms with Crippen molar-refractivity contribution in [1.29, 1.82) is 0 Å². The van der Waals surface area contributed by atoms with E-state index in [4.69, 9.17) is 8.83 Å². The minimum absolute atomic E-state index is 0.167. The van der Waals surface area contributed by atoms with E-state index in [0.717, 1.165) is 11.6 Å². The summed E-state index contributed by atoms with van der Waals surface area (Å²) < 4.78 is 10.8. The van der Waals surface area contributed by atoms with Crippen molar-refractivity contribution in [2.45, 2.75) is 32.8 Å². The molecule has 0 saturated carbocycles. The van der Waals surface area contributed by atoms with Gasteiger partial charge < -0.3 is 24.6 Å². The van der Waals surface area contributed by atoms with Crippen LogP contribution in [0.2, 0.25) is 0 Å². The van der Waals surface area contributed by atoms with Crippen LogP contribution in [0.3, 0.4) is 0 Å². The molecule has 1 unspecified atom stereocenters. The third-order valence-corrected chi connectivity index (χ3v) is 4.09. The van der Waals surface area contributed by atoms with Gasteiger partial charge in [0.2, 0.25) is 5.82 Å². The van der Waals surface area contributed by atoms with Crippen LogP contribution in [0.15, 0.2) is 44.4 Å². The molecule has 0 fully saturated rings. The van der Waals surface area contributed by atoms with Gasteiger partial charge in [-0.3, -0.25) is 5.10 Å². The fourth-order valence-corrected chi connectivity index (χ4v) is 2.60. The second kappa shape index (κ2) is 8.75. The molecular weight excluding hydrogens is 360 g/mol. The van der Waals surface area contributed by atoms with Crippen LogP contribution in [-0.4, -0.2) is 45.9 Å². The quantitative estimate of drug-likeness (QED) is 0.345. The lowest BCUT2D eigenvalue weighted by Gasteiger charge is -2.19. The van der Waals surface area contributed by atoms with E-state index < -0.39 is 5.60 Å². The zero-order chi connectivity index (χ0) is 20.0. The Balaban J connectivity index is 1.55. The number of aliphatic hydroxyl groups is 1. The number of hydrogen-bond donors (Lipinski definition) is 4. The van der Waals surface area contributed by atoms with Crippen LogP contribution in [0.4, 0.5) is 0 Å². The first-order valence-electron chi connectivity index (χ1n) is 9.24. The molecule has 0 aliphatic rings. The summed E-state index contributed by atoms with van der Waals surface area (Å²) >= 11 is 0. The molecule has 3 aromatic heterocycles. The van der Waals surface area contributed by atoms with Gasteiger partial charge in [-0.25, -0.2) is 9.98 Å².